The van der Waals surface area contributed by atoms with E-state index in [2.05, 4.69) is 64.0 Å². The predicted octanol–water partition coefficient (Wildman–Crippen LogP) is 6.18. The number of benzene rings is 3. The standard InChI is InChI=1S/C28H17N3/c1-2-4-19-16(3-1)11-17-5-6-20-21-14-22-24(13-18(21)12-23(20)27(17)19)28-30-9-10-31(28)26-7-8-29-15-25(22)26/h1-10,13-15H,11-12H2. The maximum Gasteiger partial charge on any atom is 0.145 e. The molecule has 0 N–H and O–H groups in total. The quantitative estimate of drug-likeness (QED) is 0.287. The van der Waals surface area contributed by atoms with Gasteiger partial charge < -0.3 is 0 Å². The van der Waals surface area contributed by atoms with Gasteiger partial charge in [-0.05, 0) is 80.9 Å². The second-order valence-electron chi connectivity index (χ2n) is 8.71. The molecule has 3 heterocycles. The molecule has 0 spiro atoms. The highest BCUT2D eigenvalue weighted by atomic mass is 15.0. The third kappa shape index (κ3) is 1.89. The summed E-state index contributed by atoms with van der Waals surface area (Å²) in [4.78, 5) is 9.13. The number of fused-ring (bicyclic) bond motifs is 13. The molecule has 0 amide bonds. The van der Waals surface area contributed by atoms with Crippen molar-refractivity contribution in [1.82, 2.24) is 14.4 Å². The first-order chi connectivity index (χ1) is 15.4. The molecule has 2 aliphatic carbocycles. The lowest BCUT2D eigenvalue weighted by atomic mass is 9.95. The Bertz CT molecular complexity index is 1740. The van der Waals surface area contributed by atoms with Crippen LogP contribution in [0.4, 0.5) is 0 Å². The van der Waals surface area contributed by atoms with Crippen LogP contribution in [0, 0.1) is 0 Å². The van der Waals surface area contributed by atoms with E-state index in [1.54, 1.807) is 0 Å². The first kappa shape index (κ1) is 15.8. The number of imidazole rings is 1. The molecule has 0 atom stereocenters. The van der Waals surface area contributed by atoms with Gasteiger partial charge in [-0.2, -0.15) is 0 Å². The highest BCUT2D eigenvalue weighted by Crippen LogP contribution is 2.48. The van der Waals surface area contributed by atoms with Crippen molar-refractivity contribution >= 4 is 27.3 Å². The Balaban J connectivity index is 1.47. The summed E-state index contributed by atoms with van der Waals surface area (Å²) >= 11 is 0. The maximum atomic E-state index is 4.70. The molecule has 6 aromatic rings. The first-order valence-corrected chi connectivity index (χ1v) is 10.8. The van der Waals surface area contributed by atoms with Crippen LogP contribution in [0.1, 0.15) is 22.3 Å². The molecule has 2 aliphatic rings. The molecule has 8 rings (SSSR count). The van der Waals surface area contributed by atoms with Crippen molar-refractivity contribution in [3.8, 4) is 22.3 Å². The average molecular weight is 395 g/mol. The van der Waals surface area contributed by atoms with E-state index in [1.165, 1.54) is 60.7 Å². The Labute approximate surface area is 178 Å². The van der Waals surface area contributed by atoms with Crippen LogP contribution in [0.15, 0.2) is 79.4 Å². The molecular formula is C28H17N3. The summed E-state index contributed by atoms with van der Waals surface area (Å²) in [6, 6.07) is 20.4. The average Bonchev–Trinajstić information content (AvgIpc) is 3.52. The molecule has 3 aromatic carbocycles. The summed E-state index contributed by atoms with van der Waals surface area (Å²) in [6.07, 6.45) is 9.80. The summed E-state index contributed by atoms with van der Waals surface area (Å²) in [6.45, 7) is 0. The van der Waals surface area contributed by atoms with Crippen LogP contribution in [0.3, 0.4) is 0 Å². The van der Waals surface area contributed by atoms with Crippen molar-refractivity contribution < 1.29 is 0 Å². The molecule has 3 aromatic heterocycles. The van der Waals surface area contributed by atoms with Gasteiger partial charge in [-0.1, -0.05) is 36.4 Å². The van der Waals surface area contributed by atoms with Crippen LogP contribution < -0.4 is 0 Å². The number of pyridine rings is 2. The van der Waals surface area contributed by atoms with E-state index in [0.717, 1.165) is 24.0 Å². The predicted molar refractivity (Wildman–Crippen MR) is 124 cm³/mol. The summed E-state index contributed by atoms with van der Waals surface area (Å²) in [7, 11) is 0. The number of rotatable bonds is 0. The van der Waals surface area contributed by atoms with Crippen LogP contribution in [-0.2, 0) is 12.8 Å². The lowest BCUT2D eigenvalue weighted by molar-refractivity contribution is 1.23. The Morgan fingerprint density at radius 1 is 0.710 bits per heavy atom. The van der Waals surface area contributed by atoms with Gasteiger partial charge in [-0.15, -0.1) is 0 Å². The summed E-state index contributed by atoms with van der Waals surface area (Å²) in [5.41, 5.74) is 13.6. The van der Waals surface area contributed by atoms with E-state index in [-0.39, 0.29) is 0 Å². The van der Waals surface area contributed by atoms with E-state index in [1.807, 2.05) is 24.8 Å². The van der Waals surface area contributed by atoms with Gasteiger partial charge in [-0.3, -0.25) is 9.38 Å². The monoisotopic (exact) mass is 395 g/mol. The number of hydrogen-bond donors (Lipinski definition) is 0. The molecule has 144 valence electrons. The van der Waals surface area contributed by atoms with Crippen molar-refractivity contribution in [1.29, 1.82) is 0 Å². The molecule has 0 fully saturated rings. The number of aromatic nitrogens is 3. The zero-order chi connectivity index (χ0) is 20.1. The molecule has 0 radical (unpaired) electrons. The molecule has 0 unspecified atom stereocenters. The molecule has 3 nitrogen and oxygen atoms in total. The van der Waals surface area contributed by atoms with Gasteiger partial charge in [0.05, 0.1) is 5.52 Å². The Morgan fingerprint density at radius 3 is 2.68 bits per heavy atom. The minimum atomic E-state index is 0.982. The van der Waals surface area contributed by atoms with Crippen molar-refractivity contribution in [3.05, 3.63) is 102 Å². The van der Waals surface area contributed by atoms with Crippen LogP contribution in [-0.4, -0.2) is 14.4 Å². The van der Waals surface area contributed by atoms with Crippen LogP contribution in [0.25, 0.3) is 49.6 Å². The van der Waals surface area contributed by atoms with Crippen molar-refractivity contribution in [3.63, 3.8) is 0 Å². The summed E-state index contributed by atoms with van der Waals surface area (Å²) in [5.74, 6) is 0. The molecule has 0 saturated carbocycles. The van der Waals surface area contributed by atoms with Gasteiger partial charge in [-0.25, -0.2) is 4.98 Å². The Morgan fingerprint density at radius 2 is 1.68 bits per heavy atom. The topological polar surface area (TPSA) is 30.2 Å². The van der Waals surface area contributed by atoms with E-state index in [9.17, 15) is 0 Å². The molecule has 31 heavy (non-hydrogen) atoms. The minimum Gasteiger partial charge on any atom is -0.299 e. The van der Waals surface area contributed by atoms with Gasteiger partial charge in [0.2, 0.25) is 0 Å². The van der Waals surface area contributed by atoms with E-state index in [0.29, 0.717) is 0 Å². The fraction of sp³-hybridized carbons (Fsp3) is 0.0714. The maximum absolute atomic E-state index is 4.70. The molecule has 0 aliphatic heterocycles. The molecule has 3 heteroatoms. The molecule has 0 bridgehead atoms. The molecular weight excluding hydrogens is 378 g/mol. The zero-order valence-electron chi connectivity index (χ0n) is 16.8. The largest absolute Gasteiger partial charge is 0.299 e. The van der Waals surface area contributed by atoms with E-state index in [4.69, 9.17) is 4.98 Å². The van der Waals surface area contributed by atoms with E-state index >= 15 is 0 Å². The van der Waals surface area contributed by atoms with Crippen molar-refractivity contribution in [2.75, 3.05) is 0 Å². The van der Waals surface area contributed by atoms with Crippen molar-refractivity contribution in [2.45, 2.75) is 12.8 Å². The fourth-order valence-corrected chi connectivity index (χ4v) is 5.88. The third-order valence-electron chi connectivity index (χ3n) is 7.20. The zero-order valence-corrected chi connectivity index (χ0v) is 16.8. The van der Waals surface area contributed by atoms with E-state index < -0.39 is 0 Å². The Kier molecular flexibility index (Phi) is 2.74. The third-order valence-corrected chi connectivity index (χ3v) is 7.20. The second-order valence-corrected chi connectivity index (χ2v) is 8.71. The number of nitrogens with zero attached hydrogens (tertiary/aromatic N) is 3. The normalized spacial score (nSPS) is 13.5. The van der Waals surface area contributed by atoms with Crippen LogP contribution in [0.5, 0.6) is 0 Å². The van der Waals surface area contributed by atoms with Gasteiger partial charge in [0, 0.05) is 35.6 Å². The summed E-state index contributed by atoms with van der Waals surface area (Å²) in [5, 5.41) is 3.61. The van der Waals surface area contributed by atoms with Crippen LogP contribution >= 0.6 is 0 Å². The number of hydrogen-bond acceptors (Lipinski definition) is 2. The van der Waals surface area contributed by atoms with Gasteiger partial charge >= 0.3 is 0 Å². The van der Waals surface area contributed by atoms with Crippen LogP contribution in [0.2, 0.25) is 0 Å². The smallest absolute Gasteiger partial charge is 0.145 e. The fourth-order valence-electron chi connectivity index (χ4n) is 5.88. The lowest BCUT2D eigenvalue weighted by Crippen LogP contribution is -1.92. The second kappa shape index (κ2) is 5.38. The van der Waals surface area contributed by atoms with Gasteiger partial charge in [0.1, 0.15) is 5.65 Å². The van der Waals surface area contributed by atoms with Crippen molar-refractivity contribution in [2.24, 2.45) is 0 Å². The summed E-state index contributed by atoms with van der Waals surface area (Å²) < 4.78 is 2.18. The highest BCUT2D eigenvalue weighted by Gasteiger charge is 2.28. The molecule has 0 saturated heterocycles. The minimum absolute atomic E-state index is 0.982. The lowest BCUT2D eigenvalue weighted by Gasteiger charge is -2.11. The van der Waals surface area contributed by atoms with Gasteiger partial charge in [0.15, 0.2) is 0 Å². The Hall–Kier alpha value is -3.98. The SMILES string of the molecule is c1ccc2c(c1)Cc1ccc3c(c1-2)Cc1cc2c(cc1-3)c1cnccc1n1ccnc21. The highest BCUT2D eigenvalue weighted by molar-refractivity contribution is 6.13. The first-order valence-electron chi connectivity index (χ1n) is 10.8. The van der Waals surface area contributed by atoms with Gasteiger partial charge in [0.25, 0.3) is 0 Å².